The third-order valence-electron chi connectivity index (χ3n) is 1.57. The first-order chi connectivity index (χ1) is 7.02. The number of aliphatic hydroxyl groups is 2. The van der Waals surface area contributed by atoms with Gasteiger partial charge in [0.15, 0.2) is 12.2 Å². The van der Waals surface area contributed by atoms with Gasteiger partial charge >= 0.3 is 11.9 Å². The van der Waals surface area contributed by atoms with Gasteiger partial charge in [0.2, 0.25) is 0 Å². The zero-order valence-corrected chi connectivity index (χ0v) is 7.48. The maximum atomic E-state index is 11.0. The van der Waals surface area contributed by atoms with Crippen LogP contribution in [0.1, 0.15) is 0 Å². The normalized spacial score (nSPS) is 14.3. The lowest BCUT2D eigenvalue weighted by molar-refractivity contribution is -0.170. The van der Waals surface area contributed by atoms with Crippen molar-refractivity contribution < 1.29 is 29.7 Å². The first-order valence-corrected chi connectivity index (χ1v) is 3.96. The number of carbonyl (C=O) groups is 2. The zero-order chi connectivity index (χ0) is 11.4. The SMILES string of the molecule is O=C(O)C(O)C(O)C(=O)On1cccc1. The van der Waals surface area contributed by atoms with E-state index in [4.69, 9.17) is 15.3 Å². The number of aliphatic carboxylic acids is 1. The van der Waals surface area contributed by atoms with Gasteiger partial charge in [0.25, 0.3) is 0 Å². The van der Waals surface area contributed by atoms with Crippen LogP contribution < -0.4 is 4.84 Å². The van der Waals surface area contributed by atoms with Gasteiger partial charge in [-0.2, -0.15) is 4.73 Å². The maximum absolute atomic E-state index is 11.0. The maximum Gasteiger partial charge on any atom is 0.364 e. The Balaban J connectivity index is 2.57. The van der Waals surface area contributed by atoms with Crippen molar-refractivity contribution in [3.63, 3.8) is 0 Å². The highest BCUT2D eigenvalue weighted by atomic mass is 16.7. The fourth-order valence-electron chi connectivity index (χ4n) is 0.801. The first-order valence-electron chi connectivity index (χ1n) is 3.96. The molecule has 1 rings (SSSR count). The third kappa shape index (κ3) is 2.79. The number of aliphatic hydroxyl groups excluding tert-OH is 2. The van der Waals surface area contributed by atoms with Crippen molar-refractivity contribution >= 4 is 11.9 Å². The molecule has 15 heavy (non-hydrogen) atoms. The van der Waals surface area contributed by atoms with Crippen LogP contribution in [0.3, 0.4) is 0 Å². The Morgan fingerprint density at radius 3 is 2.13 bits per heavy atom. The summed E-state index contributed by atoms with van der Waals surface area (Å²) in [7, 11) is 0. The van der Waals surface area contributed by atoms with E-state index in [0.29, 0.717) is 0 Å². The molecule has 0 saturated carbocycles. The van der Waals surface area contributed by atoms with E-state index in [9.17, 15) is 9.59 Å². The molecule has 0 amide bonds. The molecule has 1 heterocycles. The lowest BCUT2D eigenvalue weighted by atomic mass is 10.2. The molecule has 1 aromatic heterocycles. The van der Waals surface area contributed by atoms with Gasteiger partial charge in [-0.1, -0.05) is 0 Å². The fraction of sp³-hybridized carbons (Fsp3) is 0.250. The average Bonchev–Trinajstić information content (AvgIpc) is 2.67. The van der Waals surface area contributed by atoms with E-state index in [2.05, 4.69) is 4.84 Å². The summed E-state index contributed by atoms with van der Waals surface area (Å²) in [6, 6.07) is 3.13. The van der Waals surface area contributed by atoms with Gasteiger partial charge in [-0.3, -0.25) is 0 Å². The van der Waals surface area contributed by atoms with E-state index in [0.717, 1.165) is 4.73 Å². The number of carboxylic acid groups (broad SMARTS) is 1. The standard InChI is InChI=1S/C8H9NO6/c10-5(7(12)13)6(11)8(14)15-9-3-1-2-4-9/h1-6,10-11H,(H,12,13). The number of carboxylic acids is 1. The van der Waals surface area contributed by atoms with Crippen LogP contribution in [0.2, 0.25) is 0 Å². The molecule has 0 spiro atoms. The highest BCUT2D eigenvalue weighted by Crippen LogP contribution is 1.96. The van der Waals surface area contributed by atoms with Gasteiger partial charge < -0.3 is 20.2 Å². The van der Waals surface area contributed by atoms with Crippen LogP contribution in [-0.2, 0) is 9.59 Å². The summed E-state index contributed by atoms with van der Waals surface area (Å²) in [6.07, 6.45) is -1.58. The smallest absolute Gasteiger partial charge is 0.364 e. The molecule has 0 fully saturated rings. The third-order valence-corrected chi connectivity index (χ3v) is 1.57. The Labute approximate surface area is 84.1 Å². The Bertz CT molecular complexity index is 346. The van der Waals surface area contributed by atoms with E-state index in [1.54, 1.807) is 12.1 Å². The first kappa shape index (κ1) is 11.2. The van der Waals surface area contributed by atoms with Crippen molar-refractivity contribution in [2.75, 3.05) is 0 Å². The summed E-state index contributed by atoms with van der Waals surface area (Å²) in [5.74, 6) is -2.95. The highest BCUT2D eigenvalue weighted by molar-refractivity contribution is 5.84. The summed E-state index contributed by atoms with van der Waals surface area (Å²) < 4.78 is 0.972. The quantitative estimate of drug-likeness (QED) is 0.549. The molecule has 0 aliphatic heterocycles. The predicted molar refractivity (Wildman–Crippen MR) is 45.7 cm³/mol. The Hall–Kier alpha value is -1.86. The van der Waals surface area contributed by atoms with Crippen molar-refractivity contribution in [2.45, 2.75) is 12.2 Å². The Morgan fingerprint density at radius 1 is 1.13 bits per heavy atom. The second kappa shape index (κ2) is 4.58. The van der Waals surface area contributed by atoms with Gasteiger partial charge in [-0.15, -0.1) is 0 Å². The minimum atomic E-state index is -2.20. The predicted octanol–water partition coefficient (Wildman–Crippen LogP) is -1.75. The molecule has 82 valence electrons. The Kier molecular flexibility index (Phi) is 3.42. The molecule has 0 aromatic carbocycles. The van der Waals surface area contributed by atoms with E-state index < -0.39 is 24.1 Å². The molecule has 3 N–H and O–H groups in total. The highest BCUT2D eigenvalue weighted by Gasteiger charge is 2.31. The second-order valence-corrected chi connectivity index (χ2v) is 2.68. The molecule has 0 bridgehead atoms. The molecule has 0 aliphatic rings. The molecule has 2 unspecified atom stereocenters. The average molecular weight is 215 g/mol. The van der Waals surface area contributed by atoms with Crippen molar-refractivity contribution in [3.8, 4) is 0 Å². The van der Waals surface area contributed by atoms with Crippen LogP contribution in [0.25, 0.3) is 0 Å². The number of hydrogen-bond acceptors (Lipinski definition) is 5. The van der Waals surface area contributed by atoms with Gasteiger partial charge in [0, 0.05) is 12.4 Å². The van der Waals surface area contributed by atoms with Crippen LogP contribution >= 0.6 is 0 Å². The fourth-order valence-corrected chi connectivity index (χ4v) is 0.801. The van der Waals surface area contributed by atoms with Crippen molar-refractivity contribution in [2.24, 2.45) is 0 Å². The minimum Gasteiger partial charge on any atom is -0.479 e. The lowest BCUT2D eigenvalue weighted by Crippen LogP contribution is -2.43. The van der Waals surface area contributed by atoms with E-state index >= 15 is 0 Å². The minimum absolute atomic E-state index is 0.972. The largest absolute Gasteiger partial charge is 0.479 e. The number of aromatic nitrogens is 1. The summed E-state index contributed by atoms with van der Waals surface area (Å²) in [6.45, 7) is 0. The molecule has 0 aliphatic carbocycles. The van der Waals surface area contributed by atoms with Crippen LogP contribution in [0.15, 0.2) is 24.5 Å². The molecule has 1 aromatic rings. The number of hydrogen-bond donors (Lipinski definition) is 3. The molecular formula is C8H9NO6. The van der Waals surface area contributed by atoms with Crippen LogP contribution in [-0.4, -0.2) is 44.2 Å². The van der Waals surface area contributed by atoms with Gasteiger partial charge in [-0.05, 0) is 12.1 Å². The summed E-state index contributed by atoms with van der Waals surface area (Å²) in [5.41, 5.74) is 0. The molecular weight excluding hydrogens is 206 g/mol. The van der Waals surface area contributed by atoms with Gasteiger partial charge in [-0.25, -0.2) is 9.59 Å². The molecule has 0 radical (unpaired) electrons. The zero-order valence-electron chi connectivity index (χ0n) is 7.48. The van der Waals surface area contributed by atoms with E-state index in [1.807, 2.05) is 0 Å². The van der Waals surface area contributed by atoms with Gasteiger partial charge in [0.1, 0.15) is 0 Å². The summed E-state index contributed by atoms with van der Waals surface area (Å²) in [4.78, 5) is 25.8. The van der Waals surface area contributed by atoms with Crippen LogP contribution in [0, 0.1) is 0 Å². The van der Waals surface area contributed by atoms with E-state index in [-0.39, 0.29) is 0 Å². The van der Waals surface area contributed by atoms with E-state index in [1.165, 1.54) is 12.4 Å². The number of carbonyl (C=O) groups excluding carboxylic acids is 1. The summed E-state index contributed by atoms with van der Waals surface area (Å²) in [5, 5.41) is 26.2. The molecule has 7 nitrogen and oxygen atoms in total. The van der Waals surface area contributed by atoms with Crippen molar-refractivity contribution in [1.29, 1.82) is 0 Å². The van der Waals surface area contributed by atoms with Crippen LogP contribution in [0.5, 0.6) is 0 Å². The molecule has 7 heteroatoms. The number of nitrogens with zero attached hydrogens (tertiary/aromatic N) is 1. The van der Waals surface area contributed by atoms with Crippen molar-refractivity contribution in [1.82, 2.24) is 4.73 Å². The van der Waals surface area contributed by atoms with Crippen LogP contribution in [0.4, 0.5) is 0 Å². The Morgan fingerprint density at radius 2 is 1.67 bits per heavy atom. The van der Waals surface area contributed by atoms with Crippen molar-refractivity contribution in [3.05, 3.63) is 24.5 Å². The topological polar surface area (TPSA) is 109 Å². The monoisotopic (exact) mass is 215 g/mol. The molecule has 0 saturated heterocycles. The lowest BCUT2D eigenvalue weighted by Gasteiger charge is -2.12. The number of rotatable bonds is 4. The second-order valence-electron chi connectivity index (χ2n) is 2.68. The summed E-state index contributed by atoms with van der Waals surface area (Å²) >= 11 is 0. The molecule has 2 atom stereocenters. The van der Waals surface area contributed by atoms with Gasteiger partial charge in [0.05, 0.1) is 0 Å².